The topological polar surface area (TPSA) is 110 Å². The maximum atomic E-state index is 12.3. The van der Waals surface area contributed by atoms with Crippen LogP contribution in [0.3, 0.4) is 0 Å². The molecule has 2 rings (SSSR count). The van der Waals surface area contributed by atoms with E-state index in [1.807, 2.05) is 0 Å². The van der Waals surface area contributed by atoms with Gasteiger partial charge in [-0.15, -0.1) is 0 Å². The summed E-state index contributed by atoms with van der Waals surface area (Å²) in [7, 11) is -3.33. The van der Waals surface area contributed by atoms with Gasteiger partial charge in [0.2, 0.25) is 0 Å². The van der Waals surface area contributed by atoms with Crippen molar-refractivity contribution in [3.63, 3.8) is 0 Å². The van der Waals surface area contributed by atoms with Crippen LogP contribution >= 0.6 is 0 Å². The van der Waals surface area contributed by atoms with Crippen LogP contribution in [-0.2, 0) is 29.9 Å². The average molecular weight is 369 g/mol. The number of amides is 1. The van der Waals surface area contributed by atoms with E-state index in [1.54, 1.807) is 45.0 Å². The van der Waals surface area contributed by atoms with Gasteiger partial charge in [-0.1, -0.05) is 12.1 Å². The number of carbonyl (C=O) groups excluding carboxylic acids is 1. The second-order valence-corrected chi connectivity index (χ2v) is 9.83. The maximum Gasteiger partial charge on any atom is 0.332 e. The number of rotatable bonds is 5. The zero-order chi connectivity index (χ0) is 18.8. The molecule has 0 bridgehead atoms. The summed E-state index contributed by atoms with van der Waals surface area (Å²) in [4.78, 5) is 23.1. The second-order valence-electron chi connectivity index (χ2n) is 7.09. The van der Waals surface area contributed by atoms with Gasteiger partial charge in [0.1, 0.15) is 6.10 Å². The van der Waals surface area contributed by atoms with E-state index in [4.69, 9.17) is 9.84 Å². The van der Waals surface area contributed by atoms with Crippen molar-refractivity contribution in [3.05, 3.63) is 29.8 Å². The van der Waals surface area contributed by atoms with Crippen molar-refractivity contribution in [2.75, 3.05) is 5.32 Å². The van der Waals surface area contributed by atoms with Crippen molar-refractivity contribution in [2.45, 2.75) is 56.3 Å². The summed E-state index contributed by atoms with van der Waals surface area (Å²) in [5, 5.41) is 11.6. The van der Waals surface area contributed by atoms with Crippen LogP contribution in [0.4, 0.5) is 5.69 Å². The van der Waals surface area contributed by atoms with Crippen LogP contribution in [0.1, 0.15) is 39.2 Å². The molecule has 1 aliphatic rings. The van der Waals surface area contributed by atoms with E-state index < -0.39 is 38.7 Å². The number of carbonyl (C=O) groups is 2. The molecule has 7 nitrogen and oxygen atoms in total. The minimum absolute atomic E-state index is 0.124. The largest absolute Gasteiger partial charge is 0.479 e. The zero-order valence-corrected chi connectivity index (χ0v) is 15.3. The predicted molar refractivity (Wildman–Crippen MR) is 93.0 cm³/mol. The lowest BCUT2D eigenvalue weighted by atomic mass is 10.1. The first kappa shape index (κ1) is 19.4. The van der Waals surface area contributed by atoms with E-state index in [-0.39, 0.29) is 12.2 Å². The SMILES string of the molecule is CC(C)(C)S(=O)(=O)Cc1cccc(NC(=O)[C@@H]2CC[C@H](C(=O)O)O2)c1. The van der Waals surface area contributed by atoms with Crippen molar-refractivity contribution >= 4 is 27.4 Å². The number of hydrogen-bond acceptors (Lipinski definition) is 5. The lowest BCUT2D eigenvalue weighted by Gasteiger charge is -2.19. The van der Waals surface area contributed by atoms with Gasteiger partial charge < -0.3 is 15.2 Å². The van der Waals surface area contributed by atoms with Crippen molar-refractivity contribution in [1.82, 2.24) is 0 Å². The molecule has 1 amide bonds. The summed E-state index contributed by atoms with van der Waals surface area (Å²) in [5.41, 5.74) is 1.03. The van der Waals surface area contributed by atoms with Crippen molar-refractivity contribution in [3.8, 4) is 0 Å². The molecule has 0 spiro atoms. The van der Waals surface area contributed by atoms with Crippen LogP contribution in [0.2, 0.25) is 0 Å². The number of ether oxygens (including phenoxy) is 1. The Bertz CT molecular complexity index is 766. The van der Waals surface area contributed by atoms with Gasteiger partial charge in [0.05, 0.1) is 10.5 Å². The Morgan fingerprint density at radius 3 is 2.44 bits per heavy atom. The van der Waals surface area contributed by atoms with Gasteiger partial charge in [-0.05, 0) is 51.3 Å². The van der Waals surface area contributed by atoms with Gasteiger partial charge >= 0.3 is 5.97 Å². The third kappa shape index (κ3) is 4.79. The average Bonchev–Trinajstić information content (AvgIpc) is 2.96. The molecule has 1 saturated heterocycles. The molecular weight excluding hydrogens is 346 g/mol. The molecule has 0 radical (unpaired) electrons. The number of carboxylic acids is 1. The second kappa shape index (κ2) is 7.13. The zero-order valence-electron chi connectivity index (χ0n) is 14.5. The molecule has 1 aliphatic heterocycles. The molecule has 138 valence electrons. The smallest absolute Gasteiger partial charge is 0.332 e. The first-order valence-electron chi connectivity index (χ1n) is 8.00. The van der Waals surface area contributed by atoms with Gasteiger partial charge in [0, 0.05) is 5.69 Å². The lowest BCUT2D eigenvalue weighted by Crippen LogP contribution is -2.30. The summed E-state index contributed by atoms with van der Waals surface area (Å²) in [6.45, 7) is 4.93. The summed E-state index contributed by atoms with van der Waals surface area (Å²) in [5.74, 6) is -1.63. The van der Waals surface area contributed by atoms with E-state index in [2.05, 4.69) is 5.32 Å². The number of benzene rings is 1. The van der Waals surface area contributed by atoms with Gasteiger partial charge in [0.25, 0.3) is 5.91 Å². The molecule has 25 heavy (non-hydrogen) atoms. The highest BCUT2D eigenvalue weighted by molar-refractivity contribution is 7.91. The van der Waals surface area contributed by atoms with Crippen LogP contribution in [0, 0.1) is 0 Å². The Balaban J connectivity index is 2.05. The highest BCUT2D eigenvalue weighted by Gasteiger charge is 2.34. The normalized spacial score (nSPS) is 21.1. The summed E-state index contributed by atoms with van der Waals surface area (Å²) >= 11 is 0. The highest BCUT2D eigenvalue weighted by Crippen LogP contribution is 2.24. The fourth-order valence-corrected chi connectivity index (χ4v) is 3.46. The lowest BCUT2D eigenvalue weighted by molar-refractivity contribution is -0.150. The minimum Gasteiger partial charge on any atom is -0.479 e. The van der Waals surface area contributed by atoms with Gasteiger partial charge in [-0.3, -0.25) is 4.79 Å². The molecule has 1 aromatic carbocycles. The monoisotopic (exact) mass is 369 g/mol. The standard InChI is InChI=1S/C17H23NO6S/c1-17(2,3)25(22,23)10-11-5-4-6-12(9-11)18-15(19)13-7-8-14(24-13)16(20)21/h4-6,9,13-14H,7-8,10H2,1-3H3,(H,18,19)(H,20,21)/t13-,14+/m0/s1. The number of nitrogens with one attached hydrogen (secondary N) is 1. The number of aliphatic carboxylic acids is 1. The molecule has 0 aliphatic carbocycles. The molecule has 1 heterocycles. The Labute approximate surface area is 147 Å². The van der Waals surface area contributed by atoms with Crippen LogP contribution in [0.5, 0.6) is 0 Å². The Morgan fingerprint density at radius 1 is 1.24 bits per heavy atom. The van der Waals surface area contributed by atoms with Crippen molar-refractivity contribution in [2.24, 2.45) is 0 Å². The summed E-state index contributed by atoms with van der Waals surface area (Å²) in [6, 6.07) is 6.60. The van der Waals surface area contributed by atoms with E-state index in [0.29, 0.717) is 17.7 Å². The molecule has 1 fully saturated rings. The maximum absolute atomic E-state index is 12.3. The number of hydrogen-bond donors (Lipinski definition) is 2. The third-order valence-electron chi connectivity index (χ3n) is 4.07. The predicted octanol–water partition coefficient (Wildman–Crippen LogP) is 1.97. The first-order chi connectivity index (χ1) is 11.5. The van der Waals surface area contributed by atoms with Crippen LogP contribution in [0.25, 0.3) is 0 Å². The van der Waals surface area contributed by atoms with Crippen LogP contribution in [-0.4, -0.2) is 42.4 Å². The fourth-order valence-electron chi connectivity index (χ4n) is 2.41. The van der Waals surface area contributed by atoms with E-state index >= 15 is 0 Å². The first-order valence-corrected chi connectivity index (χ1v) is 9.65. The minimum atomic E-state index is -3.33. The van der Waals surface area contributed by atoms with Crippen LogP contribution in [0.15, 0.2) is 24.3 Å². The number of carboxylic acid groups (broad SMARTS) is 1. The van der Waals surface area contributed by atoms with Crippen molar-refractivity contribution in [1.29, 1.82) is 0 Å². The molecule has 2 atom stereocenters. The Hall–Kier alpha value is -1.93. The number of anilines is 1. The van der Waals surface area contributed by atoms with Crippen molar-refractivity contribution < 1.29 is 27.9 Å². The van der Waals surface area contributed by atoms with E-state index in [0.717, 1.165) is 0 Å². The summed E-state index contributed by atoms with van der Waals surface area (Å²) < 4.78 is 28.9. The Kier molecular flexibility index (Phi) is 5.53. The highest BCUT2D eigenvalue weighted by atomic mass is 32.2. The molecular formula is C17H23NO6S. The number of sulfone groups is 1. The molecule has 1 aromatic rings. The Morgan fingerprint density at radius 2 is 1.88 bits per heavy atom. The van der Waals surface area contributed by atoms with Gasteiger partial charge in [-0.2, -0.15) is 0 Å². The molecule has 0 unspecified atom stereocenters. The van der Waals surface area contributed by atoms with E-state index in [1.165, 1.54) is 0 Å². The quantitative estimate of drug-likeness (QED) is 0.821. The molecule has 0 aromatic heterocycles. The molecule has 2 N–H and O–H groups in total. The third-order valence-corrected chi connectivity index (χ3v) is 6.65. The molecule has 8 heteroatoms. The van der Waals surface area contributed by atoms with Gasteiger partial charge in [-0.25, -0.2) is 13.2 Å². The summed E-state index contributed by atoms with van der Waals surface area (Å²) in [6.07, 6.45) is -1.15. The van der Waals surface area contributed by atoms with Crippen LogP contribution < -0.4 is 5.32 Å². The fraction of sp³-hybridized carbons (Fsp3) is 0.529. The molecule has 0 saturated carbocycles. The van der Waals surface area contributed by atoms with E-state index in [9.17, 15) is 18.0 Å². The van der Waals surface area contributed by atoms with Gasteiger partial charge in [0.15, 0.2) is 15.9 Å².